The van der Waals surface area contributed by atoms with Crippen molar-refractivity contribution in [1.82, 2.24) is 4.90 Å². The van der Waals surface area contributed by atoms with E-state index in [4.69, 9.17) is 15.1 Å². The van der Waals surface area contributed by atoms with Crippen LogP contribution in [0.25, 0.3) is 0 Å². The van der Waals surface area contributed by atoms with E-state index in [0.29, 0.717) is 18.0 Å². The lowest BCUT2D eigenvalue weighted by Gasteiger charge is -2.16. The Bertz CT molecular complexity index is 525. The second-order valence-corrected chi connectivity index (χ2v) is 3.97. The third kappa shape index (κ3) is 5.27. The van der Waals surface area contributed by atoms with E-state index in [9.17, 15) is 9.59 Å². The van der Waals surface area contributed by atoms with Gasteiger partial charge in [0.2, 0.25) is 0 Å². The molecule has 1 aromatic carbocycles. The van der Waals surface area contributed by atoms with Crippen molar-refractivity contribution < 1.29 is 19.4 Å². The van der Waals surface area contributed by atoms with Gasteiger partial charge in [-0.05, 0) is 12.1 Å². The maximum absolute atomic E-state index is 11.8. The van der Waals surface area contributed by atoms with E-state index in [1.165, 1.54) is 11.0 Å². The Hall–Kier alpha value is -2.75. The summed E-state index contributed by atoms with van der Waals surface area (Å²) in [6.07, 6.45) is 0.256. The molecule has 7 nitrogen and oxygen atoms in total. The van der Waals surface area contributed by atoms with Gasteiger partial charge in [0.15, 0.2) is 6.61 Å². The number of hydrogen-bond acceptors (Lipinski definition) is 4. The molecule has 1 rings (SSSR count). The Morgan fingerprint density at radius 1 is 1.50 bits per heavy atom. The first-order chi connectivity index (χ1) is 9.52. The number of carbonyl (C=O) groups is 2. The molecule has 2 amide bonds. The maximum atomic E-state index is 11.8. The molecule has 7 heteroatoms. The summed E-state index contributed by atoms with van der Waals surface area (Å²) in [7, 11) is 1.58. The van der Waals surface area contributed by atoms with Gasteiger partial charge in [-0.2, -0.15) is 5.26 Å². The molecule has 0 spiro atoms. The van der Waals surface area contributed by atoms with E-state index >= 15 is 0 Å². The molecule has 0 radical (unpaired) electrons. The maximum Gasteiger partial charge on any atom is 0.341 e. The third-order valence-electron chi connectivity index (χ3n) is 2.35. The first-order valence-electron chi connectivity index (χ1n) is 5.86. The van der Waals surface area contributed by atoms with Gasteiger partial charge in [-0.15, -0.1) is 0 Å². The highest BCUT2D eigenvalue weighted by molar-refractivity contribution is 5.89. The van der Waals surface area contributed by atoms with Crippen LogP contribution in [0.2, 0.25) is 0 Å². The van der Waals surface area contributed by atoms with Gasteiger partial charge in [0.1, 0.15) is 5.75 Å². The number of aliphatic carboxylic acids is 1. The third-order valence-corrected chi connectivity index (χ3v) is 2.35. The largest absolute Gasteiger partial charge is 0.482 e. The fraction of sp³-hybridized carbons (Fsp3) is 0.308. The van der Waals surface area contributed by atoms with Gasteiger partial charge >= 0.3 is 12.0 Å². The van der Waals surface area contributed by atoms with Crippen molar-refractivity contribution in [2.75, 3.05) is 25.5 Å². The minimum Gasteiger partial charge on any atom is -0.482 e. The summed E-state index contributed by atoms with van der Waals surface area (Å²) in [5.74, 6) is -0.722. The number of carboxylic acids is 1. The summed E-state index contributed by atoms with van der Waals surface area (Å²) in [5.41, 5.74) is 0.488. The van der Waals surface area contributed by atoms with Crippen LogP contribution in [0.3, 0.4) is 0 Å². The summed E-state index contributed by atoms with van der Waals surface area (Å²) in [4.78, 5) is 23.5. The summed E-state index contributed by atoms with van der Waals surface area (Å²) >= 11 is 0. The normalized spacial score (nSPS) is 9.40. The molecular formula is C13H15N3O4. The number of ether oxygens (including phenoxy) is 1. The Kier molecular flexibility index (Phi) is 5.84. The van der Waals surface area contributed by atoms with Crippen molar-refractivity contribution in [2.45, 2.75) is 6.42 Å². The number of hydrogen-bond donors (Lipinski definition) is 2. The number of benzene rings is 1. The zero-order chi connectivity index (χ0) is 15.0. The van der Waals surface area contributed by atoms with E-state index in [-0.39, 0.29) is 12.5 Å². The minimum absolute atomic E-state index is 0.256. The predicted molar refractivity (Wildman–Crippen MR) is 71.5 cm³/mol. The summed E-state index contributed by atoms with van der Waals surface area (Å²) < 4.78 is 5.01. The molecular weight excluding hydrogens is 262 g/mol. The van der Waals surface area contributed by atoms with E-state index < -0.39 is 12.6 Å². The minimum atomic E-state index is -1.07. The second kappa shape index (κ2) is 7.63. The summed E-state index contributed by atoms with van der Waals surface area (Å²) in [6, 6.07) is 8.02. The van der Waals surface area contributed by atoms with Crippen molar-refractivity contribution in [2.24, 2.45) is 0 Å². The van der Waals surface area contributed by atoms with Gasteiger partial charge < -0.3 is 20.1 Å². The monoisotopic (exact) mass is 277 g/mol. The van der Waals surface area contributed by atoms with Crippen LogP contribution in [0.15, 0.2) is 24.3 Å². The lowest BCUT2D eigenvalue weighted by Crippen LogP contribution is -2.31. The molecule has 0 heterocycles. The van der Waals surface area contributed by atoms with Crippen molar-refractivity contribution >= 4 is 17.7 Å². The average Bonchev–Trinajstić information content (AvgIpc) is 2.42. The fourth-order valence-electron chi connectivity index (χ4n) is 1.35. The van der Waals surface area contributed by atoms with Crippen LogP contribution in [0.1, 0.15) is 6.42 Å². The molecule has 0 aliphatic carbocycles. The second-order valence-electron chi connectivity index (χ2n) is 3.97. The lowest BCUT2D eigenvalue weighted by atomic mass is 10.3. The number of anilines is 1. The van der Waals surface area contributed by atoms with Gasteiger partial charge in [-0.1, -0.05) is 6.07 Å². The number of amides is 2. The zero-order valence-electron chi connectivity index (χ0n) is 11.0. The molecule has 0 saturated heterocycles. The summed E-state index contributed by atoms with van der Waals surface area (Å²) in [5, 5.41) is 19.6. The van der Waals surface area contributed by atoms with Crippen LogP contribution in [-0.2, 0) is 4.79 Å². The summed E-state index contributed by atoms with van der Waals surface area (Å²) in [6.45, 7) is -0.114. The molecule has 2 N–H and O–H groups in total. The van der Waals surface area contributed by atoms with E-state index in [0.717, 1.165) is 0 Å². The number of nitrogens with one attached hydrogen (secondary N) is 1. The molecule has 0 aliphatic heterocycles. The van der Waals surface area contributed by atoms with Gasteiger partial charge in [0.25, 0.3) is 0 Å². The van der Waals surface area contributed by atoms with Crippen LogP contribution >= 0.6 is 0 Å². The first kappa shape index (κ1) is 15.3. The smallest absolute Gasteiger partial charge is 0.341 e. The molecule has 106 valence electrons. The van der Waals surface area contributed by atoms with Gasteiger partial charge in [0.05, 0.1) is 12.5 Å². The van der Waals surface area contributed by atoms with Gasteiger partial charge in [0, 0.05) is 25.3 Å². The number of urea groups is 1. The Balaban J connectivity index is 2.59. The number of rotatable bonds is 6. The topological polar surface area (TPSA) is 103 Å². The number of carbonyl (C=O) groups excluding carboxylic acids is 1. The lowest BCUT2D eigenvalue weighted by molar-refractivity contribution is -0.139. The van der Waals surface area contributed by atoms with E-state index in [2.05, 4.69) is 5.32 Å². The molecule has 20 heavy (non-hydrogen) atoms. The molecule has 1 aromatic rings. The van der Waals surface area contributed by atoms with Crippen molar-refractivity contribution in [1.29, 1.82) is 5.26 Å². The average molecular weight is 277 g/mol. The van der Waals surface area contributed by atoms with Crippen LogP contribution in [0.5, 0.6) is 5.75 Å². The molecule has 0 aliphatic rings. The SMILES string of the molecule is CN(CCC#N)C(=O)Nc1cccc(OCC(=O)O)c1. The highest BCUT2D eigenvalue weighted by Crippen LogP contribution is 2.17. The van der Waals surface area contributed by atoms with Crippen LogP contribution in [-0.4, -0.2) is 42.2 Å². The molecule has 0 aromatic heterocycles. The highest BCUT2D eigenvalue weighted by Gasteiger charge is 2.08. The van der Waals surface area contributed by atoms with Gasteiger partial charge in [-0.25, -0.2) is 9.59 Å². The predicted octanol–water partition coefficient (Wildman–Crippen LogP) is 1.53. The quantitative estimate of drug-likeness (QED) is 0.820. The van der Waals surface area contributed by atoms with E-state index in [1.54, 1.807) is 25.2 Å². The Labute approximate surface area is 116 Å². The molecule has 0 atom stereocenters. The molecule has 0 saturated carbocycles. The Morgan fingerprint density at radius 3 is 2.90 bits per heavy atom. The molecule has 0 fully saturated rings. The number of nitriles is 1. The standard InChI is InChI=1S/C13H15N3O4/c1-16(7-3-6-14)13(19)15-10-4-2-5-11(8-10)20-9-12(17)18/h2,4-5,8H,3,7,9H2,1H3,(H,15,19)(H,17,18). The van der Waals surface area contributed by atoms with Crippen molar-refractivity contribution in [3.8, 4) is 11.8 Å². The first-order valence-corrected chi connectivity index (χ1v) is 5.86. The number of nitrogens with zero attached hydrogens (tertiary/aromatic N) is 2. The zero-order valence-corrected chi connectivity index (χ0v) is 11.0. The van der Waals surface area contributed by atoms with Crippen LogP contribution < -0.4 is 10.1 Å². The number of carboxylic acid groups (broad SMARTS) is 1. The molecule has 0 bridgehead atoms. The Morgan fingerprint density at radius 2 is 2.25 bits per heavy atom. The van der Waals surface area contributed by atoms with Crippen molar-refractivity contribution in [3.63, 3.8) is 0 Å². The van der Waals surface area contributed by atoms with E-state index in [1.807, 2.05) is 6.07 Å². The van der Waals surface area contributed by atoms with Gasteiger partial charge in [-0.3, -0.25) is 0 Å². The highest BCUT2D eigenvalue weighted by atomic mass is 16.5. The fourth-order valence-corrected chi connectivity index (χ4v) is 1.35. The van der Waals surface area contributed by atoms with Crippen LogP contribution in [0, 0.1) is 11.3 Å². The van der Waals surface area contributed by atoms with Crippen molar-refractivity contribution in [3.05, 3.63) is 24.3 Å². The molecule has 0 unspecified atom stereocenters. The van der Waals surface area contributed by atoms with Crippen LogP contribution in [0.4, 0.5) is 10.5 Å².